The molecule has 0 bridgehead atoms. The van der Waals surface area contributed by atoms with E-state index in [0.717, 1.165) is 0 Å². The Morgan fingerprint density at radius 1 is 0.765 bits per heavy atom. The summed E-state index contributed by atoms with van der Waals surface area (Å²) in [6.07, 6.45) is 9.86. The van der Waals surface area contributed by atoms with Gasteiger partial charge in [-0.3, -0.25) is 0 Å². The Bertz CT molecular complexity index is 1360. The molecule has 5 heterocycles. The van der Waals surface area contributed by atoms with Crippen LogP contribution in [0.4, 0.5) is 11.6 Å². The summed E-state index contributed by atoms with van der Waals surface area (Å²) in [6, 6.07) is 3.57. The monoisotopic (exact) mass is 589 g/mol. The van der Waals surface area contributed by atoms with E-state index in [9.17, 15) is 0 Å². The Morgan fingerprint density at radius 2 is 1.38 bits per heavy atom. The highest BCUT2D eigenvalue weighted by Gasteiger charge is 2.14. The highest BCUT2D eigenvalue weighted by Crippen LogP contribution is 2.28. The second-order valence-corrected chi connectivity index (χ2v) is 7.81. The molecule has 5 rings (SSSR count). The Hall–Kier alpha value is -3.92. The average molecular weight is 591 g/mol. The van der Waals surface area contributed by atoms with Crippen LogP contribution >= 0.6 is 31.9 Å². The predicted octanol–water partition coefficient (Wildman–Crippen LogP) is 1.99. The van der Waals surface area contributed by atoms with Crippen LogP contribution in [0.15, 0.2) is 58.3 Å². The van der Waals surface area contributed by atoms with Gasteiger partial charge in [0.15, 0.2) is 5.82 Å². The molecule has 0 aliphatic carbocycles. The molecule has 174 valence electrons. The number of halogens is 2. The second kappa shape index (κ2) is 10.3. The number of nitrogen functional groups attached to an aromatic ring is 2. The lowest BCUT2D eigenvalue weighted by Gasteiger charge is -2.08. The van der Waals surface area contributed by atoms with E-state index in [1.807, 2.05) is 6.92 Å². The minimum absolute atomic E-state index is 0.284. The highest BCUT2D eigenvalue weighted by atomic mass is 79.9. The molecule has 5 aromatic heterocycles. The SMILES string of the molecule is CCOc1nc(-n2cccn2)nc(N)c1Br.Nc1nc(-n2nccn2)nc(-n2cccn2)c1Br. The fraction of sp³-hybridized carbons (Fsp3) is 0.111. The number of ether oxygens (including phenoxy) is 1. The van der Waals surface area contributed by atoms with E-state index in [4.69, 9.17) is 16.2 Å². The van der Waals surface area contributed by atoms with E-state index in [2.05, 4.69) is 72.2 Å². The largest absolute Gasteiger partial charge is 0.477 e. The smallest absolute Gasteiger partial charge is 0.272 e. The number of aromatic nitrogens is 11. The van der Waals surface area contributed by atoms with Gasteiger partial charge in [-0.1, -0.05) is 0 Å². The Labute approximate surface area is 209 Å². The molecule has 16 heteroatoms. The molecule has 0 atom stereocenters. The van der Waals surface area contributed by atoms with Gasteiger partial charge in [0, 0.05) is 24.8 Å². The molecule has 0 aliphatic rings. The number of nitrogens with zero attached hydrogens (tertiary/aromatic N) is 11. The van der Waals surface area contributed by atoms with Gasteiger partial charge in [-0.15, -0.1) is 4.80 Å². The number of hydrogen-bond donors (Lipinski definition) is 2. The molecular weight excluding hydrogens is 574 g/mol. The third-order valence-corrected chi connectivity index (χ3v) is 5.50. The van der Waals surface area contributed by atoms with Crippen LogP contribution in [0.5, 0.6) is 5.88 Å². The summed E-state index contributed by atoms with van der Waals surface area (Å²) in [5.74, 6) is 2.23. The average Bonchev–Trinajstić information content (AvgIpc) is 3.62. The maximum absolute atomic E-state index is 5.83. The molecule has 0 aromatic carbocycles. The van der Waals surface area contributed by atoms with Crippen molar-refractivity contribution in [3.05, 3.63) is 58.3 Å². The van der Waals surface area contributed by atoms with Crippen LogP contribution in [0.3, 0.4) is 0 Å². The molecule has 0 radical (unpaired) electrons. The van der Waals surface area contributed by atoms with Crippen LogP contribution in [-0.2, 0) is 0 Å². The van der Waals surface area contributed by atoms with Crippen molar-refractivity contribution in [1.82, 2.24) is 54.5 Å². The summed E-state index contributed by atoms with van der Waals surface area (Å²) in [5.41, 5.74) is 11.6. The zero-order valence-corrected chi connectivity index (χ0v) is 20.7. The van der Waals surface area contributed by atoms with Gasteiger partial charge in [-0.05, 0) is 50.9 Å². The van der Waals surface area contributed by atoms with Crippen LogP contribution in [0, 0.1) is 0 Å². The van der Waals surface area contributed by atoms with Crippen LogP contribution < -0.4 is 16.2 Å². The molecule has 0 unspecified atom stereocenters. The molecule has 0 spiro atoms. The first-order valence-corrected chi connectivity index (χ1v) is 11.2. The van der Waals surface area contributed by atoms with Gasteiger partial charge in [0.2, 0.25) is 5.88 Å². The van der Waals surface area contributed by atoms with E-state index < -0.39 is 0 Å². The van der Waals surface area contributed by atoms with Crippen molar-refractivity contribution in [3.8, 4) is 23.6 Å². The van der Waals surface area contributed by atoms with E-state index in [1.165, 1.54) is 21.9 Å². The maximum atomic E-state index is 5.83. The van der Waals surface area contributed by atoms with Crippen molar-refractivity contribution >= 4 is 43.5 Å². The van der Waals surface area contributed by atoms with Crippen molar-refractivity contribution in [3.63, 3.8) is 0 Å². The van der Waals surface area contributed by atoms with Gasteiger partial charge in [0.1, 0.15) is 20.6 Å². The Kier molecular flexibility index (Phi) is 7.07. The molecule has 0 amide bonds. The molecule has 5 aromatic rings. The Morgan fingerprint density at radius 3 is 2.00 bits per heavy atom. The quantitative estimate of drug-likeness (QED) is 0.305. The molecule has 4 N–H and O–H groups in total. The van der Waals surface area contributed by atoms with Crippen molar-refractivity contribution in [2.24, 2.45) is 0 Å². The zero-order chi connectivity index (χ0) is 24.1. The standard InChI is InChI=1S/C9H7BrN8.C9H10BrN5O/c10-6-7(11)15-9(18-13-3-4-14-18)16-8(6)17-5-1-2-12-17;1-2-16-8-6(10)7(11)13-9(14-8)15-5-3-4-12-15/h1-5H,(H2,11,15,16);3-5H,2H2,1H3,(H2,11,13,14). The number of hydrogen-bond acceptors (Lipinski definition) is 11. The van der Waals surface area contributed by atoms with Crippen LogP contribution in [0.25, 0.3) is 17.7 Å². The van der Waals surface area contributed by atoms with Gasteiger partial charge in [0.25, 0.3) is 11.9 Å². The normalized spacial score (nSPS) is 10.6. The van der Waals surface area contributed by atoms with E-state index in [-0.39, 0.29) is 5.95 Å². The van der Waals surface area contributed by atoms with E-state index in [0.29, 0.717) is 44.8 Å². The highest BCUT2D eigenvalue weighted by molar-refractivity contribution is 9.11. The van der Waals surface area contributed by atoms with Gasteiger partial charge >= 0.3 is 0 Å². The fourth-order valence-electron chi connectivity index (χ4n) is 2.55. The lowest BCUT2D eigenvalue weighted by atomic mass is 10.5. The minimum atomic E-state index is 0.284. The first kappa shape index (κ1) is 23.2. The third-order valence-electron chi connectivity index (χ3n) is 3.99. The van der Waals surface area contributed by atoms with E-state index in [1.54, 1.807) is 41.6 Å². The summed E-state index contributed by atoms with van der Waals surface area (Å²) in [6.45, 7) is 2.38. The lowest BCUT2D eigenvalue weighted by Crippen LogP contribution is -2.11. The predicted molar refractivity (Wildman–Crippen MR) is 129 cm³/mol. The Balaban J connectivity index is 0.000000162. The maximum Gasteiger partial charge on any atom is 0.272 e. The number of rotatable bonds is 5. The number of nitrogens with two attached hydrogens (primary N) is 2. The van der Waals surface area contributed by atoms with Gasteiger partial charge in [-0.25, -0.2) is 9.36 Å². The molecule has 14 nitrogen and oxygen atoms in total. The second-order valence-electron chi connectivity index (χ2n) is 6.23. The first-order valence-electron chi connectivity index (χ1n) is 9.63. The summed E-state index contributed by atoms with van der Waals surface area (Å²) >= 11 is 6.61. The van der Waals surface area contributed by atoms with Crippen molar-refractivity contribution in [1.29, 1.82) is 0 Å². The number of anilines is 2. The molecule has 0 fully saturated rings. The molecule has 0 saturated heterocycles. The van der Waals surface area contributed by atoms with Gasteiger partial charge < -0.3 is 16.2 Å². The van der Waals surface area contributed by atoms with Crippen molar-refractivity contribution < 1.29 is 4.74 Å². The minimum Gasteiger partial charge on any atom is -0.477 e. The fourth-order valence-corrected chi connectivity index (χ4v) is 3.20. The lowest BCUT2D eigenvalue weighted by molar-refractivity contribution is 0.323. The first-order chi connectivity index (χ1) is 16.5. The third kappa shape index (κ3) is 5.01. The van der Waals surface area contributed by atoms with Gasteiger partial charge in [-0.2, -0.15) is 40.3 Å². The van der Waals surface area contributed by atoms with Gasteiger partial charge in [0.05, 0.1) is 19.0 Å². The zero-order valence-electron chi connectivity index (χ0n) is 17.6. The summed E-state index contributed by atoms with van der Waals surface area (Å²) in [5, 5.41) is 16.0. The van der Waals surface area contributed by atoms with Crippen LogP contribution in [-0.4, -0.2) is 61.1 Å². The summed E-state index contributed by atoms with van der Waals surface area (Å²) < 4.78 is 9.57. The van der Waals surface area contributed by atoms with Crippen molar-refractivity contribution in [2.75, 3.05) is 18.1 Å². The van der Waals surface area contributed by atoms with Crippen molar-refractivity contribution in [2.45, 2.75) is 6.92 Å². The molecular formula is C18H17Br2N13O. The molecule has 0 aliphatic heterocycles. The van der Waals surface area contributed by atoms with E-state index >= 15 is 0 Å². The topological polar surface area (TPSA) is 179 Å². The summed E-state index contributed by atoms with van der Waals surface area (Å²) in [7, 11) is 0. The summed E-state index contributed by atoms with van der Waals surface area (Å²) in [4.78, 5) is 18.0. The molecule has 34 heavy (non-hydrogen) atoms. The molecule has 0 saturated carbocycles. The van der Waals surface area contributed by atoms with Crippen LogP contribution in [0.2, 0.25) is 0 Å². The van der Waals surface area contributed by atoms with Crippen LogP contribution in [0.1, 0.15) is 6.92 Å².